The Morgan fingerprint density at radius 2 is 1.67 bits per heavy atom. The van der Waals surface area contributed by atoms with Gasteiger partial charge in [-0.25, -0.2) is 32.4 Å². The second kappa shape index (κ2) is 27.7. The van der Waals surface area contributed by atoms with Gasteiger partial charge in [0.1, 0.15) is 46.5 Å². The zero-order valence-electron chi connectivity index (χ0n) is 36.5. The van der Waals surface area contributed by atoms with Crippen molar-refractivity contribution in [3.05, 3.63) is 145 Å². The first kappa shape index (κ1) is 57.8. The predicted octanol–water partition coefficient (Wildman–Crippen LogP) is 0.465. The van der Waals surface area contributed by atoms with E-state index < -0.39 is 61.0 Å². The second-order valence-electron chi connectivity index (χ2n) is 13.6. The van der Waals surface area contributed by atoms with Gasteiger partial charge in [-0.15, -0.1) is 34.4 Å². The summed E-state index contributed by atoms with van der Waals surface area (Å²) in [7, 11) is -4.05. The predicted molar refractivity (Wildman–Crippen MR) is 227 cm³/mol. The van der Waals surface area contributed by atoms with Gasteiger partial charge in [-0.2, -0.15) is 10.4 Å². The number of carbonyl (C=O) groups excluding carboxylic acids is 3. The first-order valence-electron chi connectivity index (χ1n) is 19.0. The second-order valence-corrected chi connectivity index (χ2v) is 18.2. The molecule has 1 aliphatic heterocycles. The Morgan fingerprint density at radius 1 is 1.00 bits per heavy atom. The van der Waals surface area contributed by atoms with E-state index >= 15 is 4.39 Å². The van der Waals surface area contributed by atoms with Crippen LogP contribution in [0, 0.1) is 28.8 Å². The molecular formula is C42H38F3N4Na2O12PS3. The van der Waals surface area contributed by atoms with Crippen molar-refractivity contribution in [1.29, 1.82) is 5.26 Å². The summed E-state index contributed by atoms with van der Waals surface area (Å²) in [4.78, 5) is 62.1. The van der Waals surface area contributed by atoms with E-state index in [0.717, 1.165) is 23.5 Å². The minimum atomic E-state index is -5.37. The fourth-order valence-corrected chi connectivity index (χ4v) is 9.28. The number of ether oxygens (including phenoxy) is 5. The number of halogens is 3. The number of thioether (sulfide) groups is 1. The molecule has 0 bridgehead atoms. The van der Waals surface area contributed by atoms with E-state index in [1.165, 1.54) is 90.2 Å². The number of nitrogens with zero attached hydrogens (tertiary/aromatic N) is 4. The number of methoxy groups -OCH3 is 1. The Kier molecular flexibility index (Phi) is 23.9. The standard InChI is InChI=1S/C33H30F3N4O8PS2.C9H10O4S.2Na/c1-21(51-26-16-45-30(46-17-26)5-3-2-4-23-7-6-22(14-37)12-28(23)35)33(18-40-20-38-19-39-40,27-9-8-25(34)13-29(27)36)48-32(41)31-24(10-11-50-31)15-47-49(42,43)44;1-6(10)13-5-7-3-4-14-8(7)9(11)12-2;;/h2-13,19-21,26,30H,15-18H2,1H3,(H2,42,43,44);3-4H,5H2,1-2H3;;/q;;2*+1/p-2/b4-2+,5-3+;;;/t21-,26?,30?,33-;;;/m1.../s1. The summed E-state index contributed by atoms with van der Waals surface area (Å²) in [5.74, 6) is -4.15. The van der Waals surface area contributed by atoms with Crippen LogP contribution in [0.2, 0.25) is 0 Å². The van der Waals surface area contributed by atoms with Gasteiger partial charge in [0, 0.05) is 40.5 Å². The van der Waals surface area contributed by atoms with Gasteiger partial charge in [-0.3, -0.25) is 4.79 Å². The first-order chi connectivity index (χ1) is 31.0. The first-order valence-corrected chi connectivity index (χ1v) is 23.1. The molecule has 2 atom stereocenters. The molecule has 6 rings (SSSR count). The number of nitriles is 1. The number of benzene rings is 2. The molecule has 0 spiro atoms. The van der Waals surface area contributed by atoms with Crippen LogP contribution in [-0.2, 0) is 62.9 Å². The molecule has 5 aromatic rings. The topological polar surface area (TPSA) is 224 Å². The van der Waals surface area contributed by atoms with Gasteiger partial charge in [0.2, 0.25) is 0 Å². The maximum atomic E-state index is 15.7. The van der Waals surface area contributed by atoms with Crippen molar-refractivity contribution in [2.45, 2.75) is 56.0 Å². The smallest absolute Gasteiger partial charge is 0.790 e. The Hall–Kier alpha value is -3.47. The van der Waals surface area contributed by atoms with E-state index in [2.05, 4.69) is 19.3 Å². The van der Waals surface area contributed by atoms with Gasteiger partial charge < -0.3 is 42.6 Å². The molecule has 0 amide bonds. The number of thiophene rings is 2. The molecule has 1 aliphatic rings. The van der Waals surface area contributed by atoms with E-state index in [0.29, 0.717) is 22.1 Å². The number of phosphoric acid groups is 1. The third kappa shape index (κ3) is 17.2. The van der Waals surface area contributed by atoms with Crippen molar-refractivity contribution in [3.63, 3.8) is 0 Å². The fourth-order valence-electron chi connectivity index (χ4n) is 6.01. The fraction of sp³-hybridized carbons (Fsp3) is 0.286. The Bertz CT molecular complexity index is 2580. The Labute approximate surface area is 439 Å². The average Bonchev–Trinajstić information content (AvgIpc) is 4.07. The molecule has 0 saturated carbocycles. The molecule has 67 heavy (non-hydrogen) atoms. The molecular weight excluding hydrogens is 983 g/mol. The number of carbonyl (C=O) groups is 3. The van der Waals surface area contributed by atoms with Crippen molar-refractivity contribution in [3.8, 4) is 6.07 Å². The van der Waals surface area contributed by atoms with Crippen molar-refractivity contribution in [1.82, 2.24) is 14.8 Å². The van der Waals surface area contributed by atoms with Crippen LogP contribution in [0.1, 0.15) is 61.0 Å². The van der Waals surface area contributed by atoms with Crippen molar-refractivity contribution in [2.75, 3.05) is 20.3 Å². The van der Waals surface area contributed by atoms with Crippen molar-refractivity contribution < 1.29 is 129 Å². The summed E-state index contributed by atoms with van der Waals surface area (Å²) < 4.78 is 88.0. The molecule has 16 nitrogen and oxygen atoms in total. The van der Waals surface area contributed by atoms with E-state index in [-0.39, 0.29) is 118 Å². The number of aromatic nitrogens is 3. The summed E-state index contributed by atoms with van der Waals surface area (Å²) in [6, 6.07) is 12.0. The van der Waals surface area contributed by atoms with E-state index in [1.54, 1.807) is 36.6 Å². The SMILES string of the molecule is COC(=O)c1sccc1COC(C)=O.C[C@@H](SC1COC(/C=C/C=C/c2ccc(C#N)cc2F)OC1)[C@@](Cn1cncn1)(OC(=O)c1sccc1COP(=O)([O-])[O-])c1ccc(F)cc1F.[Na+].[Na+]. The van der Waals surface area contributed by atoms with Gasteiger partial charge in [0.05, 0.1) is 58.2 Å². The van der Waals surface area contributed by atoms with E-state index in [4.69, 9.17) is 24.2 Å². The van der Waals surface area contributed by atoms with Crippen LogP contribution in [0.25, 0.3) is 6.08 Å². The number of esters is 3. The number of phosphoric ester groups is 1. The minimum Gasteiger partial charge on any atom is -0.790 e. The zero-order chi connectivity index (χ0) is 47.1. The van der Waals surface area contributed by atoms with Crippen LogP contribution in [0.5, 0.6) is 0 Å². The quantitative estimate of drug-likeness (QED) is 0.0406. The van der Waals surface area contributed by atoms with Gasteiger partial charge in [-0.05, 0) is 60.2 Å². The molecule has 344 valence electrons. The Balaban J connectivity index is 0.000000639. The molecule has 4 heterocycles. The summed E-state index contributed by atoms with van der Waals surface area (Å²) in [6.07, 6.45) is 8.19. The van der Waals surface area contributed by atoms with Crippen LogP contribution in [0.15, 0.2) is 90.2 Å². The average molecular weight is 1020 g/mol. The zero-order valence-corrected chi connectivity index (χ0v) is 43.8. The monoisotopic (exact) mass is 1020 g/mol. The minimum absolute atomic E-state index is 0. The number of allylic oxidation sites excluding steroid dienone is 2. The maximum absolute atomic E-state index is 15.7. The van der Waals surface area contributed by atoms with Gasteiger partial charge in [-0.1, -0.05) is 24.3 Å². The maximum Gasteiger partial charge on any atom is 1.00 e. The number of hydrogen-bond donors (Lipinski definition) is 0. The van der Waals surface area contributed by atoms with Crippen LogP contribution in [0.4, 0.5) is 13.2 Å². The molecule has 0 radical (unpaired) electrons. The van der Waals surface area contributed by atoms with Crippen molar-refractivity contribution >= 4 is 66.2 Å². The van der Waals surface area contributed by atoms with E-state index in [1.807, 2.05) is 6.07 Å². The summed E-state index contributed by atoms with van der Waals surface area (Å²) in [6.45, 7) is 2.45. The normalized spacial score (nSPS) is 16.0. The number of hydrogen-bond acceptors (Lipinski definition) is 18. The van der Waals surface area contributed by atoms with Gasteiger partial charge in [0.25, 0.3) is 0 Å². The Morgan fingerprint density at radius 3 is 2.25 bits per heavy atom. The molecule has 1 saturated heterocycles. The molecule has 25 heteroatoms. The third-order valence-corrected chi connectivity index (χ3v) is 12.9. The third-order valence-electron chi connectivity index (χ3n) is 9.11. The van der Waals surface area contributed by atoms with Gasteiger partial charge >= 0.3 is 77.0 Å². The van der Waals surface area contributed by atoms with Gasteiger partial charge in [0.15, 0.2) is 11.9 Å². The van der Waals surface area contributed by atoms with Crippen molar-refractivity contribution in [2.24, 2.45) is 0 Å². The molecule has 0 N–H and O–H groups in total. The molecule has 3 aromatic heterocycles. The molecule has 0 aliphatic carbocycles. The summed E-state index contributed by atoms with van der Waals surface area (Å²) >= 11 is 3.41. The van der Waals surface area contributed by atoms with Crippen LogP contribution >= 0.6 is 42.3 Å². The molecule has 1 fully saturated rings. The largest absolute Gasteiger partial charge is 1.00 e. The van der Waals surface area contributed by atoms with Crippen LogP contribution in [0.3, 0.4) is 0 Å². The molecule has 0 unspecified atom stereocenters. The van der Waals surface area contributed by atoms with E-state index in [9.17, 15) is 37.5 Å². The van der Waals surface area contributed by atoms with Crippen LogP contribution < -0.4 is 68.9 Å². The summed E-state index contributed by atoms with van der Waals surface area (Å²) in [5.41, 5.74) is -0.810. The molecule has 2 aromatic carbocycles. The van der Waals surface area contributed by atoms with Crippen LogP contribution in [-0.4, -0.2) is 69.8 Å². The summed E-state index contributed by atoms with van der Waals surface area (Å²) in [5, 5.41) is 15.1. The number of rotatable bonds is 17.